The molecule has 2 atom stereocenters. The molecule has 4 aromatic rings. The van der Waals surface area contributed by atoms with Gasteiger partial charge in [-0.25, -0.2) is 8.78 Å². The van der Waals surface area contributed by atoms with Crippen molar-refractivity contribution in [3.8, 4) is 22.9 Å². The highest BCUT2D eigenvalue weighted by Crippen LogP contribution is 2.43. The predicted molar refractivity (Wildman–Crippen MR) is 132 cm³/mol. The lowest BCUT2D eigenvalue weighted by molar-refractivity contribution is 0.381. The molecule has 0 amide bonds. The molecule has 0 spiro atoms. The fourth-order valence-electron chi connectivity index (χ4n) is 5.44. The van der Waals surface area contributed by atoms with E-state index >= 15 is 4.39 Å². The van der Waals surface area contributed by atoms with Crippen LogP contribution < -0.4 is 15.0 Å². The average molecular weight is 497 g/mol. The molecule has 0 radical (unpaired) electrons. The van der Waals surface area contributed by atoms with Crippen molar-refractivity contribution < 1.29 is 18.6 Å². The molecule has 2 saturated heterocycles. The zero-order valence-electron chi connectivity index (χ0n) is 19.0. The number of aromatic hydroxyl groups is 1. The van der Waals surface area contributed by atoms with Crippen LogP contribution in [0.25, 0.3) is 32.8 Å². The third-order valence-electron chi connectivity index (χ3n) is 7.03. The third-order valence-corrected chi connectivity index (χ3v) is 7.33. The van der Waals surface area contributed by atoms with Gasteiger partial charge in [0.05, 0.1) is 12.1 Å². The van der Waals surface area contributed by atoms with Crippen LogP contribution in [-0.2, 0) is 0 Å². The summed E-state index contributed by atoms with van der Waals surface area (Å²) >= 11 is 6.67. The molecule has 6 nitrogen and oxygen atoms in total. The van der Waals surface area contributed by atoms with Gasteiger partial charge in [0.2, 0.25) is 0 Å². The number of hydrogen-bond donors (Lipinski definition) is 2. The number of rotatable bonds is 3. The van der Waals surface area contributed by atoms with Crippen molar-refractivity contribution >= 4 is 39.1 Å². The summed E-state index contributed by atoms with van der Waals surface area (Å²) in [6, 6.07) is 9.69. The Morgan fingerprint density at radius 3 is 2.77 bits per heavy atom. The van der Waals surface area contributed by atoms with Gasteiger partial charge in [0, 0.05) is 47.1 Å². The van der Waals surface area contributed by atoms with E-state index in [4.69, 9.17) is 16.3 Å². The number of phenolic OH excluding ortho intramolecular Hbond substituents is 1. The Morgan fingerprint density at radius 1 is 1.11 bits per heavy atom. The first-order valence-electron chi connectivity index (χ1n) is 11.6. The van der Waals surface area contributed by atoms with Crippen LogP contribution in [0.3, 0.4) is 0 Å². The highest BCUT2D eigenvalue weighted by molar-refractivity contribution is 6.35. The van der Waals surface area contributed by atoms with Crippen LogP contribution in [0.4, 0.5) is 14.6 Å². The molecular weight excluding hydrogens is 474 g/mol. The topological polar surface area (TPSA) is 70.5 Å². The molecule has 2 bridgehead atoms. The predicted octanol–water partition coefficient (Wildman–Crippen LogP) is 5.43. The van der Waals surface area contributed by atoms with Crippen LogP contribution >= 0.6 is 11.6 Å². The van der Waals surface area contributed by atoms with Gasteiger partial charge in [-0.05, 0) is 48.9 Å². The number of halogens is 3. The molecule has 2 N–H and O–H groups in total. The minimum absolute atomic E-state index is 0.0291. The Hall–Kier alpha value is -3.23. The van der Waals surface area contributed by atoms with Gasteiger partial charge in [-0.1, -0.05) is 23.7 Å². The van der Waals surface area contributed by atoms with Gasteiger partial charge in [0.15, 0.2) is 5.82 Å². The van der Waals surface area contributed by atoms with E-state index in [1.54, 1.807) is 12.1 Å². The van der Waals surface area contributed by atoms with E-state index < -0.39 is 11.6 Å². The number of phenols is 1. The molecule has 2 aliphatic rings. The maximum Gasteiger partial charge on any atom is 0.318 e. The Balaban J connectivity index is 1.59. The minimum Gasteiger partial charge on any atom is -0.508 e. The van der Waals surface area contributed by atoms with Crippen molar-refractivity contribution in [1.29, 1.82) is 0 Å². The number of ether oxygens (including phenoxy) is 1. The first-order valence-corrected chi connectivity index (χ1v) is 12.0. The maximum absolute atomic E-state index is 16.2. The smallest absolute Gasteiger partial charge is 0.318 e. The number of benzene rings is 3. The highest BCUT2D eigenvalue weighted by atomic mass is 35.5. The molecule has 2 aliphatic heterocycles. The number of methoxy groups -OCH3 is 1. The summed E-state index contributed by atoms with van der Waals surface area (Å²) in [5.74, 6) is -0.831. The van der Waals surface area contributed by atoms with E-state index in [1.165, 1.54) is 31.4 Å². The number of hydrogen-bond acceptors (Lipinski definition) is 6. The van der Waals surface area contributed by atoms with Crippen LogP contribution in [0.5, 0.6) is 11.8 Å². The third kappa shape index (κ3) is 3.72. The summed E-state index contributed by atoms with van der Waals surface area (Å²) in [6.07, 6.45) is 3.19. The second-order valence-corrected chi connectivity index (χ2v) is 9.59. The van der Waals surface area contributed by atoms with E-state index in [9.17, 15) is 9.50 Å². The van der Waals surface area contributed by atoms with Crippen molar-refractivity contribution in [3.63, 3.8) is 0 Å². The first kappa shape index (κ1) is 22.2. The summed E-state index contributed by atoms with van der Waals surface area (Å²) in [5.41, 5.74) is 0.146. The second kappa shape index (κ2) is 8.46. The van der Waals surface area contributed by atoms with Crippen LogP contribution in [0.2, 0.25) is 5.02 Å². The van der Waals surface area contributed by atoms with Crippen LogP contribution in [0.1, 0.15) is 19.3 Å². The molecule has 1 unspecified atom stereocenters. The number of nitrogens with one attached hydrogen (secondary N) is 1. The number of anilines is 1. The molecule has 0 saturated carbocycles. The van der Waals surface area contributed by atoms with Gasteiger partial charge in [-0.15, -0.1) is 0 Å². The average Bonchev–Trinajstić information content (AvgIpc) is 3.17. The molecule has 1 aromatic heterocycles. The minimum atomic E-state index is -0.723. The molecule has 35 heavy (non-hydrogen) atoms. The molecule has 3 aromatic carbocycles. The summed E-state index contributed by atoms with van der Waals surface area (Å²) in [4.78, 5) is 11.0. The van der Waals surface area contributed by atoms with Crippen LogP contribution in [0, 0.1) is 11.6 Å². The van der Waals surface area contributed by atoms with Crippen molar-refractivity contribution in [1.82, 2.24) is 15.3 Å². The normalized spacial score (nSPS) is 19.9. The summed E-state index contributed by atoms with van der Waals surface area (Å²) in [6.45, 7) is 1.49. The molecule has 2 fully saturated rings. The van der Waals surface area contributed by atoms with Crippen molar-refractivity contribution in [2.75, 3.05) is 25.1 Å². The van der Waals surface area contributed by atoms with Crippen LogP contribution in [-0.4, -0.2) is 47.4 Å². The van der Waals surface area contributed by atoms with Crippen molar-refractivity contribution in [2.24, 2.45) is 0 Å². The lowest BCUT2D eigenvalue weighted by Crippen LogP contribution is -2.35. The number of nitrogens with zero attached hydrogens (tertiary/aromatic N) is 3. The fourth-order valence-corrected chi connectivity index (χ4v) is 5.73. The quantitative estimate of drug-likeness (QED) is 0.394. The van der Waals surface area contributed by atoms with Crippen molar-refractivity contribution in [3.05, 3.63) is 53.1 Å². The summed E-state index contributed by atoms with van der Waals surface area (Å²) in [5, 5.41) is 15.1. The van der Waals surface area contributed by atoms with E-state index in [0.717, 1.165) is 32.4 Å². The Labute approximate surface area is 205 Å². The van der Waals surface area contributed by atoms with Crippen LogP contribution in [0.15, 0.2) is 36.4 Å². The number of aromatic nitrogens is 2. The summed E-state index contributed by atoms with van der Waals surface area (Å²) < 4.78 is 36.4. The van der Waals surface area contributed by atoms with Gasteiger partial charge < -0.3 is 20.1 Å². The van der Waals surface area contributed by atoms with Gasteiger partial charge >= 0.3 is 6.01 Å². The fraction of sp³-hybridized carbons (Fsp3) is 0.308. The first-order chi connectivity index (χ1) is 16.9. The van der Waals surface area contributed by atoms with E-state index in [0.29, 0.717) is 28.7 Å². The SMILES string of the molecule is COc1nc(N2CC[C@@H]3CCC(C2)N3)c2cc(Cl)c(-c3cc(O)cc4cccc(F)c34)c(F)c2n1. The second-order valence-electron chi connectivity index (χ2n) is 9.18. The Morgan fingerprint density at radius 2 is 1.94 bits per heavy atom. The highest BCUT2D eigenvalue weighted by Gasteiger charge is 2.31. The van der Waals surface area contributed by atoms with Gasteiger partial charge in [0.1, 0.15) is 22.9 Å². The lowest BCUT2D eigenvalue weighted by Gasteiger charge is -2.27. The van der Waals surface area contributed by atoms with Gasteiger partial charge in [0.25, 0.3) is 0 Å². The van der Waals surface area contributed by atoms with E-state index in [1.807, 2.05) is 0 Å². The largest absolute Gasteiger partial charge is 0.508 e. The zero-order valence-corrected chi connectivity index (χ0v) is 19.7. The standard InChI is InChI=1S/C26H23ClF2N4O2/c1-35-26-31-24-18(25(32-26)33-8-7-14-5-6-15(12-33)30-14)11-19(27)22(23(24)29)17-10-16(34)9-13-3-2-4-20(28)21(13)17/h2-4,9-11,14-15,30,34H,5-8,12H2,1H3/t14-,15?/m0/s1. The lowest BCUT2D eigenvalue weighted by atomic mass is 9.95. The van der Waals surface area contributed by atoms with Crippen molar-refractivity contribution in [2.45, 2.75) is 31.3 Å². The summed E-state index contributed by atoms with van der Waals surface area (Å²) in [7, 11) is 1.43. The maximum atomic E-state index is 16.2. The molecule has 9 heteroatoms. The van der Waals surface area contributed by atoms with Gasteiger partial charge in [-0.2, -0.15) is 9.97 Å². The molecule has 3 heterocycles. The van der Waals surface area contributed by atoms with E-state index in [-0.39, 0.29) is 38.8 Å². The monoisotopic (exact) mass is 496 g/mol. The zero-order chi connectivity index (χ0) is 24.3. The van der Waals surface area contributed by atoms with E-state index in [2.05, 4.69) is 20.2 Å². The number of fused-ring (bicyclic) bond motifs is 4. The Kier molecular flexibility index (Phi) is 5.38. The molecule has 180 valence electrons. The molecule has 0 aliphatic carbocycles. The molecular formula is C26H23ClF2N4O2. The Bertz CT molecular complexity index is 1480. The molecule has 6 rings (SSSR count). The van der Waals surface area contributed by atoms with Gasteiger partial charge in [-0.3, -0.25) is 0 Å².